The third kappa shape index (κ3) is 14.4. The number of hydrogen-bond acceptors (Lipinski definition) is 17. The van der Waals surface area contributed by atoms with Gasteiger partial charge in [-0.15, -0.1) is 0 Å². The molecular formula is C44H63NO17. The molecule has 4 heterocycles. The number of carbonyl (C=O) groups is 4. The maximum absolute atomic E-state index is 14.0. The van der Waals surface area contributed by atoms with Gasteiger partial charge in [0.05, 0.1) is 89.3 Å². The Bertz CT molecular complexity index is 1700. The van der Waals surface area contributed by atoms with Crippen molar-refractivity contribution in [2.24, 2.45) is 5.41 Å². The van der Waals surface area contributed by atoms with Gasteiger partial charge in [0.25, 0.3) is 0 Å². The number of anilines is 1. The minimum atomic E-state index is -2.43. The number of hydrogen-bond donors (Lipinski definition) is 4. The highest BCUT2D eigenvalue weighted by molar-refractivity contribution is 5.95. The summed E-state index contributed by atoms with van der Waals surface area (Å²) in [7, 11) is 2.73. The van der Waals surface area contributed by atoms with Crippen LogP contribution < -0.4 is 5.32 Å². The first kappa shape index (κ1) is 49.2. The number of rotatable bonds is 13. The van der Waals surface area contributed by atoms with Crippen LogP contribution in [0.3, 0.4) is 0 Å². The highest BCUT2D eigenvalue weighted by atomic mass is 16.7. The standard InChI is InChI=1S/C44H63NO17/c1-43(2)13-11-40-57-14-12-34(60-40)24-33-10-6-9-32(58-33)22-31(47)23-39(50)59-36(26-46)25-35-20-29(21-38(49)54-4)41(44(43,52)62-35)61-42(51)28-7-5-8-30(19-28)45-37(48)27-56-18-17-55-16-15-53-3/h5,7-8,11,13,19,21,31-36,40-41,46-47,52H,6,9-10,12,14-18,20,22-27H2,1-4H3,(H,45,48)/b13-11+,29-21+/t31-,32+,33-,34+,35+,36+,40+,41+,44-/m1/s1. The van der Waals surface area contributed by atoms with E-state index in [2.05, 4.69) is 5.32 Å². The number of aliphatic hydroxyl groups is 3. The number of ether oxygens (including phenoxy) is 10. The van der Waals surface area contributed by atoms with Crippen molar-refractivity contribution >= 4 is 29.5 Å². The number of methoxy groups -OCH3 is 2. The van der Waals surface area contributed by atoms with Crippen LogP contribution in [0.4, 0.5) is 5.69 Å². The molecule has 346 valence electrons. The number of carbonyl (C=O) groups excluding carboxylic acids is 4. The summed E-state index contributed by atoms with van der Waals surface area (Å²) in [5.74, 6) is -5.40. The molecule has 18 nitrogen and oxygen atoms in total. The molecule has 0 aromatic heterocycles. The predicted molar refractivity (Wildman–Crippen MR) is 218 cm³/mol. The molecule has 4 N–H and O–H groups in total. The van der Waals surface area contributed by atoms with E-state index in [9.17, 15) is 34.5 Å². The monoisotopic (exact) mass is 877 g/mol. The lowest BCUT2D eigenvalue weighted by Crippen LogP contribution is -2.62. The molecule has 1 aromatic carbocycles. The number of benzene rings is 1. The van der Waals surface area contributed by atoms with E-state index in [1.165, 1.54) is 25.3 Å². The molecule has 4 aliphatic rings. The summed E-state index contributed by atoms with van der Waals surface area (Å²) in [5, 5.41) is 36.8. The summed E-state index contributed by atoms with van der Waals surface area (Å²) in [5.41, 5.74) is -1.07. The second-order valence-electron chi connectivity index (χ2n) is 16.5. The second kappa shape index (κ2) is 23.7. The minimum absolute atomic E-state index is 0.00332. The molecular weight excluding hydrogens is 814 g/mol. The first-order valence-electron chi connectivity index (χ1n) is 21.3. The van der Waals surface area contributed by atoms with Crippen LogP contribution in [0.1, 0.15) is 82.0 Å². The number of cyclic esters (lactones) is 1. The smallest absolute Gasteiger partial charge is 0.339 e. The topological polar surface area (TPSA) is 233 Å². The fourth-order valence-electron chi connectivity index (χ4n) is 7.94. The minimum Gasteiger partial charge on any atom is -0.466 e. The van der Waals surface area contributed by atoms with Gasteiger partial charge in [-0.1, -0.05) is 26.0 Å². The van der Waals surface area contributed by atoms with Crippen molar-refractivity contribution in [2.75, 3.05) is 65.8 Å². The van der Waals surface area contributed by atoms with E-state index in [4.69, 9.17) is 47.4 Å². The maximum Gasteiger partial charge on any atom is 0.339 e. The zero-order chi connectivity index (χ0) is 44.7. The van der Waals surface area contributed by atoms with E-state index < -0.39 is 72.3 Å². The number of fused-ring (bicyclic) bond motifs is 6. The highest BCUT2D eigenvalue weighted by Gasteiger charge is 2.57. The van der Waals surface area contributed by atoms with Crippen LogP contribution in [0, 0.1) is 5.41 Å². The lowest BCUT2D eigenvalue weighted by molar-refractivity contribution is -0.324. The van der Waals surface area contributed by atoms with Gasteiger partial charge in [0.15, 0.2) is 12.4 Å². The van der Waals surface area contributed by atoms with Crippen LogP contribution in [0.25, 0.3) is 0 Å². The Morgan fingerprint density at radius 3 is 2.44 bits per heavy atom. The van der Waals surface area contributed by atoms with Gasteiger partial charge in [0, 0.05) is 37.1 Å². The summed E-state index contributed by atoms with van der Waals surface area (Å²) < 4.78 is 57.3. The number of nitrogens with one attached hydrogen (secondary N) is 1. The fraction of sp³-hybridized carbons (Fsp3) is 0.682. The van der Waals surface area contributed by atoms with Gasteiger partial charge < -0.3 is 68.0 Å². The van der Waals surface area contributed by atoms with Crippen molar-refractivity contribution in [3.63, 3.8) is 0 Å². The SMILES string of the molecule is COCCOCCOCC(=O)Nc1cccc(C(=O)O[C@H]2/C(=C/C(=O)OC)C[C@H]3C[C@@H](CO)OC(=O)C[C@H](O)C[C@@H]4CCC[C@H](C[C@@H]5CCO[C@H](/C=C/C(C)(C)[C@]2(O)O3)O5)O4)c1. The van der Waals surface area contributed by atoms with Crippen molar-refractivity contribution < 1.29 is 81.9 Å². The summed E-state index contributed by atoms with van der Waals surface area (Å²) in [6, 6.07) is 5.94. The van der Waals surface area contributed by atoms with Gasteiger partial charge in [-0.05, 0) is 68.4 Å². The van der Waals surface area contributed by atoms with E-state index in [0.29, 0.717) is 32.7 Å². The van der Waals surface area contributed by atoms with Crippen LogP contribution in [0.2, 0.25) is 0 Å². The molecule has 4 aliphatic heterocycles. The molecule has 0 saturated carbocycles. The molecule has 1 amide bonds. The van der Waals surface area contributed by atoms with E-state index in [1.54, 1.807) is 39.2 Å². The third-order valence-electron chi connectivity index (χ3n) is 11.2. The van der Waals surface area contributed by atoms with Gasteiger partial charge in [0.1, 0.15) is 12.7 Å². The van der Waals surface area contributed by atoms with E-state index in [-0.39, 0.29) is 80.6 Å². The molecule has 3 saturated heterocycles. The Morgan fingerprint density at radius 2 is 1.68 bits per heavy atom. The van der Waals surface area contributed by atoms with Gasteiger partial charge >= 0.3 is 17.9 Å². The fourth-order valence-corrected chi connectivity index (χ4v) is 7.94. The molecule has 0 unspecified atom stereocenters. The molecule has 1 aromatic rings. The van der Waals surface area contributed by atoms with Crippen molar-refractivity contribution in [3.05, 3.63) is 53.6 Å². The molecule has 0 spiro atoms. The lowest BCUT2D eigenvalue weighted by Gasteiger charge is -2.51. The van der Waals surface area contributed by atoms with Gasteiger partial charge in [-0.25, -0.2) is 9.59 Å². The predicted octanol–water partition coefficient (Wildman–Crippen LogP) is 2.90. The lowest BCUT2D eigenvalue weighted by atomic mass is 9.74. The Kier molecular flexibility index (Phi) is 18.8. The zero-order valence-corrected chi connectivity index (χ0v) is 36.0. The van der Waals surface area contributed by atoms with Crippen LogP contribution >= 0.6 is 0 Å². The molecule has 3 fully saturated rings. The molecule has 0 aliphatic carbocycles. The Morgan fingerprint density at radius 1 is 0.935 bits per heavy atom. The molecule has 9 atom stereocenters. The number of amides is 1. The van der Waals surface area contributed by atoms with Crippen molar-refractivity contribution in [1.82, 2.24) is 0 Å². The van der Waals surface area contributed by atoms with Crippen LogP contribution in [-0.2, 0) is 61.8 Å². The van der Waals surface area contributed by atoms with Crippen LogP contribution in [0.15, 0.2) is 48.1 Å². The molecule has 5 rings (SSSR count). The van der Waals surface area contributed by atoms with Gasteiger partial charge in [-0.2, -0.15) is 0 Å². The largest absolute Gasteiger partial charge is 0.466 e. The van der Waals surface area contributed by atoms with Gasteiger partial charge in [0.2, 0.25) is 11.7 Å². The van der Waals surface area contributed by atoms with E-state index in [1.807, 2.05) is 0 Å². The average molecular weight is 878 g/mol. The molecule has 18 heteroatoms. The highest BCUT2D eigenvalue weighted by Crippen LogP contribution is 2.47. The number of esters is 3. The maximum atomic E-state index is 14.0. The summed E-state index contributed by atoms with van der Waals surface area (Å²) in [6.07, 6.45) is 1.37. The summed E-state index contributed by atoms with van der Waals surface area (Å²) >= 11 is 0. The normalized spacial score (nSPS) is 31.9. The Balaban J connectivity index is 1.42. The van der Waals surface area contributed by atoms with Crippen LogP contribution in [-0.4, -0.2) is 154 Å². The Labute approximate surface area is 362 Å². The average Bonchev–Trinajstić information content (AvgIpc) is 3.23. The summed E-state index contributed by atoms with van der Waals surface area (Å²) in [4.78, 5) is 52.6. The third-order valence-corrected chi connectivity index (χ3v) is 11.2. The first-order chi connectivity index (χ1) is 29.7. The first-order valence-corrected chi connectivity index (χ1v) is 21.3. The van der Waals surface area contributed by atoms with Crippen molar-refractivity contribution in [1.29, 1.82) is 0 Å². The second-order valence-corrected chi connectivity index (χ2v) is 16.5. The summed E-state index contributed by atoms with van der Waals surface area (Å²) in [6.45, 7) is 4.06. The van der Waals surface area contributed by atoms with Gasteiger partial charge in [-0.3, -0.25) is 9.59 Å². The zero-order valence-electron chi connectivity index (χ0n) is 36.0. The van der Waals surface area contributed by atoms with E-state index >= 15 is 0 Å². The molecule has 0 radical (unpaired) electrons. The van der Waals surface area contributed by atoms with E-state index in [0.717, 1.165) is 25.3 Å². The van der Waals surface area contributed by atoms with Crippen molar-refractivity contribution in [3.8, 4) is 0 Å². The van der Waals surface area contributed by atoms with Crippen LogP contribution in [0.5, 0.6) is 0 Å². The Hall–Kier alpha value is -3.82. The number of aliphatic hydroxyl groups excluding tert-OH is 2. The molecule has 62 heavy (non-hydrogen) atoms. The molecule has 6 bridgehead atoms. The quantitative estimate of drug-likeness (QED) is 0.0734. The van der Waals surface area contributed by atoms with Crippen molar-refractivity contribution in [2.45, 2.75) is 126 Å².